The van der Waals surface area contributed by atoms with Gasteiger partial charge in [-0.2, -0.15) is 0 Å². The van der Waals surface area contributed by atoms with E-state index in [9.17, 15) is 9.59 Å². The Morgan fingerprint density at radius 1 is 1.21 bits per heavy atom. The number of amides is 3. The Bertz CT molecular complexity index is 598. The Morgan fingerprint density at radius 2 is 1.83 bits per heavy atom. The summed E-state index contributed by atoms with van der Waals surface area (Å²) < 4.78 is 5.38. The average molecular weight is 354 g/mol. The van der Waals surface area contributed by atoms with Crippen LogP contribution in [0.2, 0.25) is 5.02 Å². The summed E-state index contributed by atoms with van der Waals surface area (Å²) in [6.07, 6.45) is -0.341. The fourth-order valence-electron chi connectivity index (χ4n) is 2.48. The van der Waals surface area contributed by atoms with E-state index in [0.29, 0.717) is 30.3 Å². The molecule has 6 nitrogen and oxygen atoms in total. The van der Waals surface area contributed by atoms with Crippen molar-refractivity contribution < 1.29 is 14.3 Å². The van der Waals surface area contributed by atoms with Gasteiger partial charge in [-0.3, -0.25) is 0 Å². The third kappa shape index (κ3) is 5.03. The number of carbonyl (C=O) groups excluding carboxylic acids is 2. The molecule has 24 heavy (non-hydrogen) atoms. The molecular weight excluding hydrogens is 330 g/mol. The number of hydrogen-bond acceptors (Lipinski definition) is 3. The van der Waals surface area contributed by atoms with Gasteiger partial charge >= 0.3 is 12.1 Å². The standard InChI is InChI=1S/C17H24ClN3O3/c1-12-11-20(16(23)24-17(2,3)4)9-10-21(12)15(22)19-14-7-5-13(18)6-8-14/h5-8,12H,9-11H2,1-4H3,(H,19,22). The molecule has 0 spiro atoms. The monoisotopic (exact) mass is 353 g/mol. The van der Waals surface area contributed by atoms with E-state index in [1.165, 1.54) is 0 Å². The number of nitrogens with one attached hydrogen (secondary N) is 1. The van der Waals surface area contributed by atoms with Crippen LogP contribution in [0.3, 0.4) is 0 Å². The minimum Gasteiger partial charge on any atom is -0.444 e. The van der Waals surface area contributed by atoms with E-state index in [1.54, 1.807) is 34.1 Å². The maximum absolute atomic E-state index is 12.4. The molecule has 0 aromatic heterocycles. The molecule has 2 rings (SSSR count). The fourth-order valence-corrected chi connectivity index (χ4v) is 2.61. The Kier molecular flexibility index (Phi) is 5.59. The highest BCUT2D eigenvalue weighted by Crippen LogP contribution is 2.17. The summed E-state index contributed by atoms with van der Waals surface area (Å²) in [7, 11) is 0. The SMILES string of the molecule is CC1CN(C(=O)OC(C)(C)C)CCN1C(=O)Nc1ccc(Cl)cc1. The molecule has 0 aliphatic carbocycles. The molecule has 7 heteroatoms. The molecule has 1 atom stereocenters. The van der Waals surface area contributed by atoms with E-state index >= 15 is 0 Å². The second-order valence-electron chi connectivity index (χ2n) is 6.91. The van der Waals surface area contributed by atoms with Crippen LogP contribution >= 0.6 is 11.6 Å². The molecule has 1 fully saturated rings. The average Bonchev–Trinajstić information content (AvgIpc) is 2.47. The van der Waals surface area contributed by atoms with Crippen LogP contribution in [-0.2, 0) is 4.74 Å². The topological polar surface area (TPSA) is 61.9 Å². The van der Waals surface area contributed by atoms with Gasteiger partial charge in [0.15, 0.2) is 0 Å². The second-order valence-corrected chi connectivity index (χ2v) is 7.34. The van der Waals surface area contributed by atoms with Crippen molar-refractivity contribution in [3.05, 3.63) is 29.3 Å². The highest BCUT2D eigenvalue weighted by Gasteiger charge is 2.32. The molecule has 1 N–H and O–H groups in total. The molecule has 0 bridgehead atoms. The fraction of sp³-hybridized carbons (Fsp3) is 0.529. The molecule has 3 amide bonds. The van der Waals surface area contributed by atoms with Crippen LogP contribution < -0.4 is 5.32 Å². The van der Waals surface area contributed by atoms with Gasteiger partial charge in [-0.15, -0.1) is 0 Å². The molecule has 1 heterocycles. The van der Waals surface area contributed by atoms with Crippen molar-refractivity contribution in [2.24, 2.45) is 0 Å². The number of benzene rings is 1. The van der Waals surface area contributed by atoms with Gasteiger partial charge in [-0.1, -0.05) is 11.6 Å². The molecule has 1 saturated heterocycles. The lowest BCUT2D eigenvalue weighted by Gasteiger charge is -2.40. The van der Waals surface area contributed by atoms with Crippen LogP contribution in [0, 0.1) is 0 Å². The Morgan fingerprint density at radius 3 is 2.38 bits per heavy atom. The van der Waals surface area contributed by atoms with Crippen molar-refractivity contribution in [3.63, 3.8) is 0 Å². The van der Waals surface area contributed by atoms with Crippen LogP contribution in [0.4, 0.5) is 15.3 Å². The zero-order valence-corrected chi connectivity index (χ0v) is 15.3. The number of anilines is 1. The summed E-state index contributed by atoms with van der Waals surface area (Å²) >= 11 is 5.84. The number of ether oxygens (including phenoxy) is 1. The van der Waals surface area contributed by atoms with Crippen molar-refractivity contribution in [1.29, 1.82) is 0 Å². The van der Waals surface area contributed by atoms with Crippen LogP contribution in [0.25, 0.3) is 0 Å². The van der Waals surface area contributed by atoms with Gasteiger partial charge in [0.05, 0.1) is 0 Å². The first-order chi connectivity index (χ1) is 11.2. The van der Waals surface area contributed by atoms with Gasteiger partial charge in [0, 0.05) is 36.4 Å². The van der Waals surface area contributed by atoms with E-state index in [-0.39, 0.29) is 18.2 Å². The predicted octanol–water partition coefficient (Wildman–Crippen LogP) is 3.81. The van der Waals surface area contributed by atoms with Gasteiger partial charge in [0.25, 0.3) is 0 Å². The molecule has 1 aromatic carbocycles. The van der Waals surface area contributed by atoms with Gasteiger partial charge in [0.1, 0.15) is 5.60 Å². The third-order valence-corrected chi connectivity index (χ3v) is 3.89. The van der Waals surface area contributed by atoms with Gasteiger partial charge in [0.2, 0.25) is 0 Å². The van der Waals surface area contributed by atoms with E-state index in [1.807, 2.05) is 27.7 Å². The predicted molar refractivity (Wildman–Crippen MR) is 94.4 cm³/mol. The summed E-state index contributed by atoms with van der Waals surface area (Å²) in [6, 6.07) is 6.67. The number of halogens is 1. The normalized spacial score (nSPS) is 18.3. The van der Waals surface area contributed by atoms with Crippen LogP contribution in [0.15, 0.2) is 24.3 Å². The first kappa shape index (κ1) is 18.4. The molecule has 1 aliphatic heterocycles. The summed E-state index contributed by atoms with van der Waals surface area (Å²) in [5, 5.41) is 3.46. The third-order valence-electron chi connectivity index (χ3n) is 3.64. The van der Waals surface area contributed by atoms with E-state index in [2.05, 4.69) is 5.32 Å². The van der Waals surface area contributed by atoms with Crippen molar-refractivity contribution in [2.45, 2.75) is 39.3 Å². The quantitative estimate of drug-likeness (QED) is 0.835. The Hall–Kier alpha value is -1.95. The summed E-state index contributed by atoms with van der Waals surface area (Å²) in [5.74, 6) is 0. The first-order valence-corrected chi connectivity index (χ1v) is 8.34. The summed E-state index contributed by atoms with van der Waals surface area (Å²) in [4.78, 5) is 27.9. The maximum atomic E-state index is 12.4. The molecule has 0 saturated carbocycles. The molecule has 1 aliphatic rings. The first-order valence-electron chi connectivity index (χ1n) is 7.97. The van der Waals surface area contributed by atoms with E-state index < -0.39 is 5.60 Å². The Balaban J connectivity index is 1.91. The number of carbonyl (C=O) groups is 2. The minimum absolute atomic E-state index is 0.0985. The number of hydrogen-bond donors (Lipinski definition) is 1. The zero-order valence-electron chi connectivity index (χ0n) is 14.5. The van der Waals surface area contributed by atoms with E-state index in [4.69, 9.17) is 16.3 Å². The molecule has 1 aromatic rings. The van der Waals surface area contributed by atoms with Crippen molar-refractivity contribution in [2.75, 3.05) is 25.0 Å². The molecule has 0 radical (unpaired) electrons. The number of nitrogens with zero attached hydrogens (tertiary/aromatic N) is 2. The van der Waals surface area contributed by atoms with Crippen LogP contribution in [-0.4, -0.2) is 53.2 Å². The number of urea groups is 1. The zero-order chi connectivity index (χ0) is 17.9. The molecular formula is C17H24ClN3O3. The lowest BCUT2D eigenvalue weighted by molar-refractivity contribution is 0.0112. The second kappa shape index (κ2) is 7.30. The molecule has 132 valence electrons. The van der Waals surface area contributed by atoms with Crippen LogP contribution in [0.1, 0.15) is 27.7 Å². The number of piperazine rings is 1. The van der Waals surface area contributed by atoms with Crippen molar-refractivity contribution >= 4 is 29.4 Å². The van der Waals surface area contributed by atoms with Crippen molar-refractivity contribution in [3.8, 4) is 0 Å². The Labute approximate surface area is 147 Å². The smallest absolute Gasteiger partial charge is 0.410 e. The van der Waals surface area contributed by atoms with Gasteiger partial charge in [-0.05, 0) is 52.0 Å². The summed E-state index contributed by atoms with van der Waals surface area (Å²) in [6.45, 7) is 8.78. The lowest BCUT2D eigenvalue weighted by Crippen LogP contribution is -2.57. The molecule has 1 unspecified atom stereocenters. The highest BCUT2D eigenvalue weighted by atomic mass is 35.5. The van der Waals surface area contributed by atoms with Crippen LogP contribution in [0.5, 0.6) is 0 Å². The highest BCUT2D eigenvalue weighted by molar-refractivity contribution is 6.30. The van der Waals surface area contributed by atoms with Gasteiger partial charge < -0.3 is 19.9 Å². The van der Waals surface area contributed by atoms with Gasteiger partial charge in [-0.25, -0.2) is 9.59 Å². The number of rotatable bonds is 1. The van der Waals surface area contributed by atoms with E-state index in [0.717, 1.165) is 0 Å². The largest absolute Gasteiger partial charge is 0.444 e. The maximum Gasteiger partial charge on any atom is 0.410 e. The minimum atomic E-state index is -0.524. The van der Waals surface area contributed by atoms with Crippen molar-refractivity contribution in [1.82, 2.24) is 9.80 Å². The lowest BCUT2D eigenvalue weighted by atomic mass is 10.2. The summed E-state index contributed by atoms with van der Waals surface area (Å²) in [5.41, 5.74) is 0.162.